The van der Waals surface area contributed by atoms with Crippen molar-refractivity contribution in [1.82, 2.24) is 24.7 Å². The Hall–Kier alpha value is -2.35. The molecule has 8 heteroatoms. The predicted molar refractivity (Wildman–Crippen MR) is 83.8 cm³/mol. The molecule has 1 aliphatic rings. The lowest BCUT2D eigenvalue weighted by Crippen LogP contribution is -2.36. The van der Waals surface area contributed by atoms with Crippen molar-refractivity contribution in [3.63, 3.8) is 0 Å². The Kier molecular flexibility index (Phi) is 3.53. The topological polar surface area (TPSA) is 63.4 Å². The van der Waals surface area contributed by atoms with E-state index in [9.17, 15) is 9.18 Å². The van der Waals surface area contributed by atoms with Gasteiger partial charge in [-0.25, -0.2) is 4.39 Å². The van der Waals surface area contributed by atoms with Crippen LogP contribution >= 0.6 is 11.3 Å². The van der Waals surface area contributed by atoms with E-state index in [1.54, 1.807) is 23.1 Å². The second-order valence-electron chi connectivity index (χ2n) is 5.46. The molecule has 1 amide bonds. The van der Waals surface area contributed by atoms with Crippen LogP contribution in [-0.2, 0) is 0 Å². The van der Waals surface area contributed by atoms with Gasteiger partial charge < -0.3 is 4.90 Å². The van der Waals surface area contributed by atoms with Gasteiger partial charge in [0.25, 0.3) is 5.91 Å². The molecular weight excluding hydrogens is 317 g/mol. The monoisotopic (exact) mass is 331 g/mol. The predicted octanol–water partition coefficient (Wildman–Crippen LogP) is 2.62. The maximum Gasteiger partial charge on any atom is 0.293 e. The Morgan fingerprint density at radius 2 is 1.91 bits per heavy atom. The van der Waals surface area contributed by atoms with Crippen molar-refractivity contribution < 1.29 is 9.18 Å². The van der Waals surface area contributed by atoms with Crippen molar-refractivity contribution >= 4 is 22.2 Å². The van der Waals surface area contributed by atoms with Crippen LogP contribution in [0.2, 0.25) is 0 Å². The number of benzene rings is 1. The van der Waals surface area contributed by atoms with Crippen molar-refractivity contribution in [2.24, 2.45) is 0 Å². The highest BCUT2D eigenvalue weighted by molar-refractivity contribution is 7.19. The second-order valence-corrected chi connectivity index (χ2v) is 6.41. The van der Waals surface area contributed by atoms with Gasteiger partial charge in [0, 0.05) is 18.7 Å². The fourth-order valence-electron chi connectivity index (χ4n) is 2.73. The third-order valence-electron chi connectivity index (χ3n) is 3.93. The lowest BCUT2D eigenvalue weighted by Gasteiger charge is -2.25. The van der Waals surface area contributed by atoms with Gasteiger partial charge in [-0.1, -0.05) is 23.5 Å². The molecule has 1 aromatic carbocycles. The van der Waals surface area contributed by atoms with Crippen LogP contribution in [0.3, 0.4) is 0 Å². The minimum Gasteiger partial charge on any atom is -0.336 e. The number of rotatable bonds is 2. The third kappa shape index (κ3) is 2.48. The van der Waals surface area contributed by atoms with Crippen molar-refractivity contribution in [3.05, 3.63) is 35.9 Å². The number of halogens is 1. The highest BCUT2D eigenvalue weighted by atomic mass is 32.1. The number of nitrogens with zero attached hydrogens (tertiary/aromatic N) is 5. The smallest absolute Gasteiger partial charge is 0.293 e. The van der Waals surface area contributed by atoms with Gasteiger partial charge in [0.15, 0.2) is 5.01 Å². The minimum absolute atomic E-state index is 0.164. The van der Waals surface area contributed by atoms with E-state index in [0.29, 0.717) is 15.5 Å². The van der Waals surface area contributed by atoms with E-state index in [4.69, 9.17) is 0 Å². The average Bonchev–Trinajstić information content (AvgIpc) is 3.16. The Morgan fingerprint density at radius 1 is 1.13 bits per heavy atom. The summed E-state index contributed by atoms with van der Waals surface area (Å²) in [7, 11) is 0. The maximum absolute atomic E-state index is 13.9. The number of fused-ring (bicyclic) bond motifs is 1. The summed E-state index contributed by atoms with van der Waals surface area (Å²) in [5.41, 5.74) is 0.402. The van der Waals surface area contributed by atoms with Gasteiger partial charge in [-0.05, 0) is 31.4 Å². The summed E-state index contributed by atoms with van der Waals surface area (Å²) in [6.45, 7) is 1.47. The molecule has 0 atom stereocenters. The Bertz CT molecular complexity index is 868. The van der Waals surface area contributed by atoms with Crippen molar-refractivity contribution in [1.29, 1.82) is 0 Å². The van der Waals surface area contributed by atoms with Crippen LogP contribution in [0.25, 0.3) is 15.5 Å². The standard InChI is InChI=1S/C15H14FN5OS/c16-11-7-3-2-6-10(11)13-19-21-12(17-18-15(21)23-13)14(22)20-8-4-1-5-9-20/h2-3,6-7H,1,4-5,8-9H2. The van der Waals surface area contributed by atoms with Crippen LogP contribution in [0, 0.1) is 5.82 Å². The zero-order chi connectivity index (χ0) is 15.8. The number of aromatic nitrogens is 4. The van der Waals surface area contributed by atoms with E-state index in [0.717, 1.165) is 32.4 Å². The second kappa shape index (κ2) is 5.69. The first kappa shape index (κ1) is 14.3. The van der Waals surface area contributed by atoms with Crippen LogP contribution in [0.5, 0.6) is 0 Å². The highest BCUT2D eigenvalue weighted by Crippen LogP contribution is 2.27. The summed E-state index contributed by atoms with van der Waals surface area (Å²) in [6, 6.07) is 6.43. The third-order valence-corrected chi connectivity index (χ3v) is 4.86. The quantitative estimate of drug-likeness (QED) is 0.724. The summed E-state index contributed by atoms with van der Waals surface area (Å²) in [5, 5.41) is 12.8. The molecule has 0 saturated carbocycles. The van der Waals surface area contributed by atoms with E-state index < -0.39 is 0 Å². The summed E-state index contributed by atoms with van der Waals surface area (Å²) >= 11 is 1.22. The van der Waals surface area contributed by atoms with Crippen molar-refractivity contribution in [2.75, 3.05) is 13.1 Å². The van der Waals surface area contributed by atoms with Crippen LogP contribution < -0.4 is 0 Å². The zero-order valence-electron chi connectivity index (χ0n) is 12.3. The SMILES string of the molecule is O=C(c1nnc2sc(-c3ccccc3F)nn12)N1CCCCC1. The van der Waals surface area contributed by atoms with E-state index in [2.05, 4.69) is 15.3 Å². The van der Waals surface area contributed by atoms with Gasteiger partial charge in [-0.15, -0.1) is 10.2 Å². The van der Waals surface area contributed by atoms with E-state index in [-0.39, 0.29) is 17.5 Å². The zero-order valence-corrected chi connectivity index (χ0v) is 13.1. The molecule has 118 valence electrons. The van der Waals surface area contributed by atoms with E-state index >= 15 is 0 Å². The molecule has 0 radical (unpaired) electrons. The first-order valence-electron chi connectivity index (χ1n) is 7.50. The molecule has 1 aliphatic heterocycles. The molecule has 2 aromatic heterocycles. The Balaban J connectivity index is 1.72. The number of carbonyl (C=O) groups excluding carboxylic acids is 1. The number of carbonyl (C=O) groups is 1. The first-order chi connectivity index (χ1) is 11.2. The van der Waals surface area contributed by atoms with Crippen LogP contribution in [-0.4, -0.2) is 43.7 Å². The van der Waals surface area contributed by atoms with Gasteiger partial charge in [0.2, 0.25) is 10.8 Å². The molecule has 0 N–H and O–H groups in total. The molecule has 3 aromatic rings. The van der Waals surface area contributed by atoms with Gasteiger partial charge in [0.05, 0.1) is 0 Å². The lowest BCUT2D eigenvalue weighted by atomic mass is 10.1. The molecule has 0 spiro atoms. The molecule has 0 unspecified atom stereocenters. The summed E-state index contributed by atoms with van der Waals surface area (Å²) < 4.78 is 15.3. The average molecular weight is 331 g/mol. The minimum atomic E-state index is -0.346. The largest absolute Gasteiger partial charge is 0.336 e. The fourth-order valence-corrected chi connectivity index (χ4v) is 3.60. The van der Waals surface area contributed by atoms with E-state index in [1.807, 2.05) is 0 Å². The van der Waals surface area contributed by atoms with Gasteiger partial charge >= 0.3 is 0 Å². The molecule has 1 fully saturated rings. The molecule has 4 rings (SSSR count). The summed E-state index contributed by atoms with van der Waals surface area (Å²) in [5.74, 6) is -0.315. The maximum atomic E-state index is 13.9. The van der Waals surface area contributed by atoms with Crippen molar-refractivity contribution in [2.45, 2.75) is 19.3 Å². The number of hydrogen-bond acceptors (Lipinski definition) is 5. The lowest BCUT2D eigenvalue weighted by molar-refractivity contribution is 0.0709. The molecule has 23 heavy (non-hydrogen) atoms. The van der Waals surface area contributed by atoms with Gasteiger partial charge in [-0.2, -0.15) is 9.61 Å². The summed E-state index contributed by atoms with van der Waals surface area (Å²) in [6.07, 6.45) is 3.16. The fraction of sp³-hybridized carbons (Fsp3) is 0.333. The van der Waals surface area contributed by atoms with Gasteiger partial charge in [0.1, 0.15) is 5.82 Å². The molecule has 3 heterocycles. The number of hydrogen-bond donors (Lipinski definition) is 0. The number of likely N-dealkylation sites (tertiary alicyclic amines) is 1. The van der Waals surface area contributed by atoms with Crippen LogP contribution in [0.4, 0.5) is 4.39 Å². The molecule has 1 saturated heterocycles. The van der Waals surface area contributed by atoms with E-state index in [1.165, 1.54) is 21.9 Å². The van der Waals surface area contributed by atoms with Crippen LogP contribution in [0.15, 0.2) is 24.3 Å². The highest BCUT2D eigenvalue weighted by Gasteiger charge is 2.25. The Morgan fingerprint density at radius 3 is 2.70 bits per heavy atom. The van der Waals surface area contributed by atoms with Crippen LogP contribution in [0.1, 0.15) is 29.9 Å². The molecule has 0 aliphatic carbocycles. The molecular formula is C15H14FN5OS. The van der Waals surface area contributed by atoms with Gasteiger partial charge in [-0.3, -0.25) is 4.79 Å². The number of amides is 1. The normalized spacial score (nSPS) is 15.3. The first-order valence-corrected chi connectivity index (χ1v) is 8.32. The Labute approximate surface area is 135 Å². The van der Waals surface area contributed by atoms with Crippen molar-refractivity contribution in [3.8, 4) is 10.6 Å². The number of piperidine rings is 1. The molecule has 0 bridgehead atoms. The summed E-state index contributed by atoms with van der Waals surface area (Å²) in [4.78, 5) is 14.8. The molecule has 6 nitrogen and oxygen atoms in total.